The van der Waals surface area contributed by atoms with E-state index in [1.807, 2.05) is 0 Å². The van der Waals surface area contributed by atoms with Gasteiger partial charge in [-0.05, 0) is 67.2 Å². The van der Waals surface area contributed by atoms with Gasteiger partial charge in [-0.2, -0.15) is 0 Å². The molecule has 1 heterocycles. The molecule has 1 aliphatic heterocycles. The minimum atomic E-state index is -0.681. The van der Waals surface area contributed by atoms with Crippen molar-refractivity contribution in [1.29, 1.82) is 0 Å². The number of ether oxygens (including phenoxy) is 1. The number of carbonyl (C=O) groups is 2. The van der Waals surface area contributed by atoms with E-state index in [4.69, 9.17) is 34.3 Å². The molecular weight excluding hydrogens is 412 g/mol. The summed E-state index contributed by atoms with van der Waals surface area (Å²) in [5.74, 6) is 0.294. The average molecular weight is 431 g/mol. The van der Waals surface area contributed by atoms with Crippen molar-refractivity contribution in [3.05, 3.63) is 59.1 Å². The van der Waals surface area contributed by atoms with Crippen LogP contribution < -0.4 is 20.7 Å². The van der Waals surface area contributed by atoms with Crippen molar-refractivity contribution in [1.82, 2.24) is 5.32 Å². The van der Waals surface area contributed by atoms with Gasteiger partial charge in [0.25, 0.3) is 0 Å². The molecule has 29 heavy (non-hydrogen) atoms. The van der Waals surface area contributed by atoms with Gasteiger partial charge in [0, 0.05) is 22.7 Å². The molecule has 0 aromatic heterocycles. The zero-order chi connectivity index (χ0) is 21.0. The van der Waals surface area contributed by atoms with E-state index in [0.717, 1.165) is 0 Å². The Bertz CT molecular complexity index is 961. The number of hydrogen-bond donors (Lipinski definition) is 2. The zero-order valence-electron chi connectivity index (χ0n) is 15.6. The molecule has 1 saturated heterocycles. The summed E-state index contributed by atoms with van der Waals surface area (Å²) in [5.41, 5.74) is 7.21. The number of amidine groups is 1. The van der Waals surface area contributed by atoms with Gasteiger partial charge in [-0.15, -0.1) is 0 Å². The van der Waals surface area contributed by atoms with E-state index in [1.54, 1.807) is 55.6 Å². The molecule has 0 spiro atoms. The fourth-order valence-corrected chi connectivity index (χ4v) is 3.33. The number of nitrogens with two attached hydrogens (primary N) is 1. The van der Waals surface area contributed by atoms with Gasteiger partial charge >= 0.3 is 0 Å². The van der Waals surface area contributed by atoms with Crippen LogP contribution in [0.1, 0.15) is 18.4 Å². The summed E-state index contributed by atoms with van der Waals surface area (Å²) in [6, 6.07) is 13.0. The van der Waals surface area contributed by atoms with Crippen LogP contribution in [0.4, 0.5) is 5.69 Å². The van der Waals surface area contributed by atoms with E-state index in [9.17, 15) is 9.59 Å². The normalized spacial score (nSPS) is 16.6. The summed E-state index contributed by atoms with van der Waals surface area (Å²) in [7, 11) is 1.57. The second-order valence-corrected chi connectivity index (χ2v) is 7.14. The molecule has 1 aliphatic rings. The van der Waals surface area contributed by atoms with E-state index in [-0.39, 0.29) is 23.3 Å². The minimum Gasteiger partial charge on any atom is -0.497 e. The van der Waals surface area contributed by atoms with Crippen LogP contribution in [0.2, 0.25) is 5.02 Å². The van der Waals surface area contributed by atoms with Crippen LogP contribution >= 0.6 is 23.8 Å². The molecule has 2 aromatic rings. The lowest BCUT2D eigenvalue weighted by Gasteiger charge is -2.24. The maximum atomic E-state index is 12.7. The van der Waals surface area contributed by atoms with E-state index >= 15 is 0 Å². The third-order valence-corrected chi connectivity index (χ3v) is 4.90. The van der Waals surface area contributed by atoms with Crippen LogP contribution in [-0.2, 0) is 9.59 Å². The predicted molar refractivity (Wildman–Crippen MR) is 116 cm³/mol. The van der Waals surface area contributed by atoms with Crippen LogP contribution in [0.15, 0.2) is 53.5 Å². The van der Waals surface area contributed by atoms with E-state index < -0.39 is 11.9 Å². The van der Waals surface area contributed by atoms with Crippen molar-refractivity contribution >= 4 is 52.3 Å². The van der Waals surface area contributed by atoms with E-state index in [0.29, 0.717) is 28.4 Å². The average Bonchev–Trinajstić information content (AvgIpc) is 3.10. The molecule has 0 radical (unpaired) electrons. The number of rotatable bonds is 4. The molecule has 3 N–H and O–H groups in total. The molecular formula is C20H19ClN4O3S. The number of anilines is 1. The Kier molecular flexibility index (Phi) is 6.46. The van der Waals surface area contributed by atoms with Gasteiger partial charge < -0.3 is 10.5 Å². The molecule has 1 unspecified atom stereocenters. The number of hydrogen-bond acceptors (Lipinski definition) is 4. The maximum Gasteiger partial charge on any atom is 0.249 e. The molecule has 1 fully saturated rings. The fourth-order valence-electron chi connectivity index (χ4n) is 3.01. The third kappa shape index (κ3) is 4.90. The molecule has 3 rings (SSSR count). The Morgan fingerprint density at radius 3 is 2.52 bits per heavy atom. The molecule has 150 valence electrons. The molecule has 2 amide bonds. The van der Waals surface area contributed by atoms with Gasteiger partial charge in [0.05, 0.1) is 7.11 Å². The van der Waals surface area contributed by atoms with Gasteiger partial charge in [-0.25, -0.2) is 4.99 Å². The second kappa shape index (κ2) is 9.02. The van der Waals surface area contributed by atoms with Crippen molar-refractivity contribution < 1.29 is 14.3 Å². The van der Waals surface area contributed by atoms with E-state index in [2.05, 4.69) is 10.3 Å². The number of benzene rings is 2. The topological polar surface area (TPSA) is 97.0 Å². The number of amides is 2. The highest BCUT2D eigenvalue weighted by molar-refractivity contribution is 7.80. The summed E-state index contributed by atoms with van der Waals surface area (Å²) in [4.78, 5) is 30.5. The van der Waals surface area contributed by atoms with Crippen LogP contribution in [-0.4, -0.2) is 35.9 Å². The molecule has 0 bridgehead atoms. The smallest absolute Gasteiger partial charge is 0.249 e. The maximum absolute atomic E-state index is 12.7. The van der Waals surface area contributed by atoms with E-state index in [1.165, 1.54) is 4.90 Å². The monoisotopic (exact) mass is 430 g/mol. The highest BCUT2D eigenvalue weighted by Crippen LogP contribution is 2.28. The van der Waals surface area contributed by atoms with Crippen LogP contribution in [0.25, 0.3) is 0 Å². The van der Waals surface area contributed by atoms with Crippen LogP contribution in [0.5, 0.6) is 5.75 Å². The number of aliphatic imine (C=N–C) groups is 1. The number of halogens is 1. The quantitative estimate of drug-likeness (QED) is 0.441. The first kappa shape index (κ1) is 20.8. The second-order valence-electron chi connectivity index (χ2n) is 6.31. The lowest BCUT2D eigenvalue weighted by molar-refractivity contribution is -0.122. The standard InChI is InChI=1S/C20H19ClN4O3S/c1-28-15-8-2-12(3-9-15)18(22)23-20(29)24-19(27)16-10-11-17(26)25(16)14-6-4-13(21)5-7-14/h2-9,16H,10-11H2,1H3,(H3,22,23,24,27,29). The molecule has 7 nitrogen and oxygen atoms in total. The highest BCUT2D eigenvalue weighted by atomic mass is 35.5. The molecule has 0 aliphatic carbocycles. The van der Waals surface area contributed by atoms with Gasteiger partial charge in [-0.3, -0.25) is 19.8 Å². The summed E-state index contributed by atoms with van der Waals surface area (Å²) in [5, 5.41) is 3.03. The predicted octanol–water partition coefficient (Wildman–Crippen LogP) is 2.65. The summed E-state index contributed by atoms with van der Waals surface area (Å²) < 4.78 is 5.10. The number of thiocarbonyl (C=S) groups is 1. The van der Waals surface area contributed by atoms with Crippen molar-refractivity contribution in [2.75, 3.05) is 12.0 Å². The third-order valence-electron chi connectivity index (χ3n) is 4.46. The lowest BCUT2D eigenvalue weighted by atomic mass is 10.2. The number of carbonyl (C=O) groups excluding carboxylic acids is 2. The number of nitrogens with zero attached hydrogens (tertiary/aromatic N) is 2. The first-order valence-electron chi connectivity index (χ1n) is 8.80. The van der Waals surface area contributed by atoms with Crippen molar-refractivity contribution in [3.63, 3.8) is 0 Å². The van der Waals surface area contributed by atoms with Crippen LogP contribution in [0.3, 0.4) is 0 Å². The highest BCUT2D eigenvalue weighted by Gasteiger charge is 2.37. The Labute approximate surface area is 178 Å². The Morgan fingerprint density at radius 2 is 1.90 bits per heavy atom. The fraction of sp³-hybridized carbons (Fsp3) is 0.200. The van der Waals surface area contributed by atoms with Gasteiger partial charge in [0.2, 0.25) is 16.9 Å². The summed E-state index contributed by atoms with van der Waals surface area (Å²) >= 11 is 11.1. The van der Waals surface area contributed by atoms with Crippen molar-refractivity contribution in [3.8, 4) is 5.75 Å². The zero-order valence-corrected chi connectivity index (χ0v) is 17.2. The first-order valence-corrected chi connectivity index (χ1v) is 9.58. The Balaban J connectivity index is 1.70. The lowest BCUT2D eigenvalue weighted by Crippen LogP contribution is -2.46. The Hall–Kier alpha value is -2.97. The SMILES string of the molecule is COc1ccc(C(N)=NC(=S)NC(=O)C2CCC(=O)N2c2ccc(Cl)cc2)cc1. The number of methoxy groups -OCH3 is 1. The Morgan fingerprint density at radius 1 is 1.24 bits per heavy atom. The number of nitrogens with one attached hydrogen (secondary N) is 1. The largest absolute Gasteiger partial charge is 0.497 e. The van der Waals surface area contributed by atoms with Crippen molar-refractivity contribution in [2.45, 2.75) is 18.9 Å². The van der Waals surface area contributed by atoms with Crippen molar-refractivity contribution in [2.24, 2.45) is 10.7 Å². The summed E-state index contributed by atoms with van der Waals surface area (Å²) in [6.45, 7) is 0. The molecule has 0 saturated carbocycles. The molecule has 2 aromatic carbocycles. The first-order chi connectivity index (χ1) is 13.9. The van der Waals surface area contributed by atoms with Gasteiger partial charge in [0.1, 0.15) is 17.6 Å². The summed E-state index contributed by atoms with van der Waals surface area (Å²) in [6.07, 6.45) is 0.651. The van der Waals surface area contributed by atoms with Gasteiger partial charge in [-0.1, -0.05) is 11.6 Å². The van der Waals surface area contributed by atoms with Crippen LogP contribution in [0, 0.1) is 0 Å². The molecule has 9 heteroatoms. The molecule has 1 atom stereocenters. The minimum absolute atomic E-state index is 0.0706. The van der Waals surface area contributed by atoms with Gasteiger partial charge in [0.15, 0.2) is 0 Å².